The molecule has 4 nitrogen and oxygen atoms in total. The summed E-state index contributed by atoms with van der Waals surface area (Å²) in [4.78, 5) is 26.8. The fraction of sp³-hybridized carbons (Fsp3) is 0.478. The van der Waals surface area contributed by atoms with Crippen molar-refractivity contribution >= 4 is 19.9 Å². The number of hydrogen-bond acceptors (Lipinski definition) is 3. The van der Waals surface area contributed by atoms with E-state index in [2.05, 4.69) is 57.8 Å². The van der Waals surface area contributed by atoms with Crippen molar-refractivity contribution in [3.8, 4) is 0 Å². The van der Waals surface area contributed by atoms with Crippen LogP contribution in [-0.4, -0.2) is 35.4 Å². The smallest absolute Gasteiger partial charge is 0.271 e. The molecule has 148 valence electrons. The molecular weight excluding hydrogens is 364 g/mol. The third-order valence-electron chi connectivity index (χ3n) is 6.28. The molecule has 2 aliphatic carbocycles. The highest BCUT2D eigenvalue weighted by Crippen LogP contribution is 2.48. The first-order valence-corrected chi connectivity index (χ1v) is 13.7. The fourth-order valence-corrected chi connectivity index (χ4v) is 7.51. The van der Waals surface area contributed by atoms with Gasteiger partial charge in [-0.3, -0.25) is 9.59 Å². The Balaban J connectivity index is 1.72. The van der Waals surface area contributed by atoms with Crippen LogP contribution in [0.25, 0.3) is 0 Å². The predicted molar refractivity (Wildman–Crippen MR) is 114 cm³/mol. The first kappa shape index (κ1) is 19.3. The Hall–Kier alpha value is -1.98. The highest BCUT2D eigenvalue weighted by atomic mass is 28.3. The van der Waals surface area contributed by atoms with E-state index in [-0.39, 0.29) is 23.3 Å². The zero-order valence-electron chi connectivity index (χ0n) is 17.5. The van der Waals surface area contributed by atoms with Gasteiger partial charge in [0, 0.05) is 30.0 Å². The zero-order valence-corrected chi connectivity index (χ0v) is 18.5. The van der Waals surface area contributed by atoms with Crippen LogP contribution in [-0.2, 0) is 16.1 Å². The second-order valence-electron chi connectivity index (χ2n) is 9.95. The van der Waals surface area contributed by atoms with E-state index < -0.39 is 8.07 Å². The van der Waals surface area contributed by atoms with E-state index in [0.29, 0.717) is 18.9 Å². The number of benzene rings is 1. The number of carbonyl (C=O) groups is 2. The molecule has 1 saturated heterocycles. The van der Waals surface area contributed by atoms with E-state index in [1.807, 2.05) is 23.2 Å². The quantitative estimate of drug-likeness (QED) is 0.434. The van der Waals surface area contributed by atoms with E-state index >= 15 is 0 Å². The van der Waals surface area contributed by atoms with Gasteiger partial charge < -0.3 is 0 Å². The highest BCUT2D eigenvalue weighted by Gasteiger charge is 2.51. The maximum absolute atomic E-state index is 13.8. The molecule has 0 aromatic heterocycles. The van der Waals surface area contributed by atoms with Gasteiger partial charge in [0.1, 0.15) is 0 Å². The molecule has 3 aliphatic rings. The van der Waals surface area contributed by atoms with E-state index in [1.54, 1.807) is 0 Å². The van der Waals surface area contributed by atoms with Gasteiger partial charge in [-0.1, -0.05) is 67.3 Å². The Labute approximate surface area is 168 Å². The van der Waals surface area contributed by atoms with Gasteiger partial charge in [-0.25, -0.2) is 10.0 Å². The lowest BCUT2D eigenvalue weighted by atomic mass is 10.0. The monoisotopic (exact) mass is 394 g/mol. The third-order valence-corrected chi connectivity index (χ3v) is 8.54. The average molecular weight is 395 g/mol. The molecule has 0 N–H and O–H groups in total. The molecule has 1 heterocycles. The maximum atomic E-state index is 13.8. The summed E-state index contributed by atoms with van der Waals surface area (Å²) in [6.45, 7) is 11.6. The lowest BCUT2D eigenvalue weighted by molar-refractivity contribution is -0.158. The van der Waals surface area contributed by atoms with Gasteiger partial charge in [0.25, 0.3) is 5.91 Å². The molecule has 1 aliphatic heterocycles. The Bertz CT molecular complexity index is 880. The van der Waals surface area contributed by atoms with Crippen LogP contribution >= 0.6 is 0 Å². The first-order valence-electron chi connectivity index (χ1n) is 10.2. The Kier molecular flexibility index (Phi) is 4.51. The van der Waals surface area contributed by atoms with Gasteiger partial charge in [0.15, 0.2) is 0 Å². The van der Waals surface area contributed by atoms with Gasteiger partial charge in [-0.15, -0.1) is 0 Å². The van der Waals surface area contributed by atoms with Gasteiger partial charge in [0.05, 0.1) is 8.07 Å². The molecule has 2 bridgehead atoms. The van der Waals surface area contributed by atoms with Crippen molar-refractivity contribution in [1.82, 2.24) is 10.0 Å². The molecule has 2 atom stereocenters. The maximum Gasteiger partial charge on any atom is 0.271 e. The molecule has 2 amide bonds. The lowest BCUT2D eigenvalue weighted by Crippen LogP contribution is -2.50. The Morgan fingerprint density at radius 3 is 2.39 bits per heavy atom. The van der Waals surface area contributed by atoms with E-state index in [1.165, 1.54) is 10.2 Å². The summed E-state index contributed by atoms with van der Waals surface area (Å²) in [5.74, 6) is 0.402. The summed E-state index contributed by atoms with van der Waals surface area (Å²) in [5.41, 5.74) is 1.64. The number of allylic oxidation sites excluding steroid dienone is 3. The minimum Gasteiger partial charge on any atom is -0.273 e. The van der Waals surface area contributed by atoms with Crippen molar-refractivity contribution in [2.45, 2.75) is 58.4 Å². The van der Waals surface area contributed by atoms with Crippen LogP contribution < -0.4 is 0 Å². The molecule has 0 unspecified atom stereocenters. The molecule has 28 heavy (non-hydrogen) atoms. The van der Waals surface area contributed by atoms with Crippen molar-refractivity contribution in [2.75, 3.05) is 0 Å². The molecule has 1 aromatic rings. The third kappa shape index (κ3) is 3.10. The topological polar surface area (TPSA) is 40.6 Å². The number of amides is 2. The van der Waals surface area contributed by atoms with Gasteiger partial charge in [-0.05, 0) is 31.7 Å². The van der Waals surface area contributed by atoms with Crippen molar-refractivity contribution in [2.24, 2.45) is 11.8 Å². The van der Waals surface area contributed by atoms with Crippen LogP contribution in [0.1, 0.15) is 32.3 Å². The number of imide groups is 1. The Morgan fingerprint density at radius 2 is 1.75 bits per heavy atom. The number of hydrogen-bond donors (Lipinski definition) is 0. The van der Waals surface area contributed by atoms with Crippen LogP contribution in [0.4, 0.5) is 0 Å². The molecule has 1 fully saturated rings. The first-order chi connectivity index (χ1) is 13.1. The van der Waals surface area contributed by atoms with Crippen LogP contribution in [0.2, 0.25) is 19.6 Å². The molecule has 0 radical (unpaired) electrons. The Morgan fingerprint density at radius 1 is 1.11 bits per heavy atom. The largest absolute Gasteiger partial charge is 0.273 e. The van der Waals surface area contributed by atoms with E-state index in [0.717, 1.165) is 17.6 Å². The predicted octanol–water partition coefficient (Wildman–Crippen LogP) is 4.32. The summed E-state index contributed by atoms with van der Waals surface area (Å²) in [6, 6.07) is 10.1. The van der Waals surface area contributed by atoms with Gasteiger partial charge in [-0.2, -0.15) is 0 Å². The van der Waals surface area contributed by atoms with Crippen LogP contribution in [0.3, 0.4) is 0 Å². The van der Waals surface area contributed by atoms with Crippen molar-refractivity contribution in [3.63, 3.8) is 0 Å². The van der Waals surface area contributed by atoms with Crippen LogP contribution in [0.5, 0.6) is 0 Å². The summed E-state index contributed by atoms with van der Waals surface area (Å²) in [7, 11) is -1.66. The molecule has 0 saturated carbocycles. The summed E-state index contributed by atoms with van der Waals surface area (Å²) < 4.78 is 0. The van der Waals surface area contributed by atoms with E-state index in [4.69, 9.17) is 0 Å². The van der Waals surface area contributed by atoms with Crippen molar-refractivity contribution < 1.29 is 9.59 Å². The number of fused-ring (bicyclic) bond motifs is 2. The lowest BCUT2D eigenvalue weighted by Gasteiger charge is -2.36. The number of rotatable bonds is 4. The second-order valence-corrected chi connectivity index (χ2v) is 15.0. The normalized spacial score (nSPS) is 26.6. The second kappa shape index (κ2) is 6.53. The SMILES string of the molecule is CC1(C)CC(=O)N(C(=O)C2=C([Si](C)(C)C)[C@H]3C=C[C@@H]2C3)N1Cc1ccccc1. The van der Waals surface area contributed by atoms with Crippen molar-refractivity contribution in [1.29, 1.82) is 0 Å². The molecular formula is C23H30N2O2Si. The molecule has 4 rings (SSSR count). The molecule has 1 aromatic carbocycles. The van der Waals surface area contributed by atoms with Gasteiger partial charge >= 0.3 is 0 Å². The fourth-order valence-electron chi connectivity index (χ4n) is 5.08. The molecule has 0 spiro atoms. The van der Waals surface area contributed by atoms with Crippen molar-refractivity contribution in [3.05, 3.63) is 58.8 Å². The minimum atomic E-state index is -1.66. The molecule has 5 heteroatoms. The zero-order chi connectivity index (χ0) is 20.3. The minimum absolute atomic E-state index is 0.0826. The van der Waals surface area contributed by atoms with E-state index in [9.17, 15) is 9.59 Å². The standard InChI is InChI=1S/C23H30N2O2Si/c1-23(2)14-19(26)25(24(23)15-16-9-7-6-8-10-16)22(27)20-17-11-12-18(13-17)21(20)28(3,4)5/h6-12,17-18H,13-15H2,1-5H3/t17-,18+/m1/s1. The highest BCUT2D eigenvalue weighted by molar-refractivity contribution is 6.83. The number of hydrazine groups is 1. The average Bonchev–Trinajstić information content (AvgIpc) is 3.27. The summed E-state index contributed by atoms with van der Waals surface area (Å²) >= 11 is 0. The number of carbonyl (C=O) groups excluding carboxylic acids is 2. The van der Waals surface area contributed by atoms with Gasteiger partial charge in [0.2, 0.25) is 5.91 Å². The van der Waals surface area contributed by atoms with Crippen LogP contribution in [0, 0.1) is 11.8 Å². The summed E-state index contributed by atoms with van der Waals surface area (Å²) in [6.07, 6.45) is 5.82. The summed E-state index contributed by atoms with van der Waals surface area (Å²) in [5, 5.41) is 4.80. The number of nitrogens with zero attached hydrogens (tertiary/aromatic N) is 2. The van der Waals surface area contributed by atoms with Crippen LogP contribution in [0.15, 0.2) is 53.3 Å².